The Labute approximate surface area is 139 Å². The number of nitrogens with one attached hydrogen (secondary N) is 1. The van der Waals surface area contributed by atoms with Gasteiger partial charge in [-0.05, 0) is 44.0 Å². The van der Waals surface area contributed by atoms with Crippen molar-refractivity contribution in [1.82, 2.24) is 9.97 Å². The van der Waals surface area contributed by atoms with Crippen molar-refractivity contribution in [2.24, 2.45) is 0 Å². The van der Waals surface area contributed by atoms with Crippen molar-refractivity contribution in [1.29, 1.82) is 0 Å². The van der Waals surface area contributed by atoms with Crippen LogP contribution in [0.2, 0.25) is 5.02 Å². The summed E-state index contributed by atoms with van der Waals surface area (Å²) in [7, 11) is 0. The summed E-state index contributed by atoms with van der Waals surface area (Å²) in [5.74, 6) is 1.73. The molecular weight excluding hydrogens is 314 g/mol. The highest BCUT2D eigenvalue weighted by molar-refractivity contribution is 7.18. The zero-order chi connectivity index (χ0) is 15.9. The molecule has 2 aromatic heterocycles. The Kier molecular flexibility index (Phi) is 4.06. The third-order valence-corrected chi connectivity index (χ3v) is 5.18. The zero-order valence-electron chi connectivity index (χ0n) is 13.1. The minimum absolute atomic E-state index is 0.715. The normalized spacial score (nSPS) is 11.1. The number of aromatic nitrogens is 2. The number of nitrogens with zero attached hydrogens (tertiary/aromatic N) is 2. The first kappa shape index (κ1) is 15.3. The average molecular weight is 332 g/mol. The second-order valence-electron chi connectivity index (χ2n) is 5.39. The quantitative estimate of drug-likeness (QED) is 0.681. The van der Waals surface area contributed by atoms with Crippen LogP contribution in [0.5, 0.6) is 0 Å². The van der Waals surface area contributed by atoms with Crippen LogP contribution in [0.15, 0.2) is 18.2 Å². The molecule has 0 atom stereocenters. The Morgan fingerprint density at radius 1 is 1.18 bits per heavy atom. The Hall–Kier alpha value is -1.65. The standard InChI is InChI=1S/C17H18ClN3S/c1-5-14-20-16(15-10(3)11(4)22-17(15)21-14)19-13-8-12(18)7-6-9(13)2/h6-8H,5H2,1-4H3,(H,19,20,21). The van der Waals surface area contributed by atoms with Crippen LogP contribution in [-0.2, 0) is 6.42 Å². The van der Waals surface area contributed by atoms with Crippen molar-refractivity contribution in [3.63, 3.8) is 0 Å². The van der Waals surface area contributed by atoms with Gasteiger partial charge in [0, 0.05) is 22.0 Å². The van der Waals surface area contributed by atoms with Gasteiger partial charge in [-0.25, -0.2) is 9.97 Å². The Morgan fingerprint density at radius 2 is 1.95 bits per heavy atom. The minimum atomic E-state index is 0.715. The highest BCUT2D eigenvalue weighted by atomic mass is 35.5. The number of aryl methyl sites for hydroxylation is 4. The molecule has 5 heteroatoms. The second kappa shape index (κ2) is 5.86. The van der Waals surface area contributed by atoms with Crippen molar-refractivity contribution in [3.05, 3.63) is 45.1 Å². The number of hydrogen-bond acceptors (Lipinski definition) is 4. The number of rotatable bonds is 3. The molecule has 0 spiro atoms. The summed E-state index contributed by atoms with van der Waals surface area (Å²) < 4.78 is 0. The molecule has 0 radical (unpaired) electrons. The van der Waals surface area contributed by atoms with Crippen LogP contribution in [-0.4, -0.2) is 9.97 Å². The molecule has 0 unspecified atom stereocenters. The molecule has 0 amide bonds. The topological polar surface area (TPSA) is 37.8 Å². The van der Waals surface area contributed by atoms with Gasteiger partial charge in [-0.1, -0.05) is 24.6 Å². The fraction of sp³-hybridized carbons (Fsp3) is 0.294. The predicted molar refractivity (Wildman–Crippen MR) is 95.7 cm³/mol. The van der Waals surface area contributed by atoms with Gasteiger partial charge in [0.05, 0.1) is 5.39 Å². The molecule has 1 N–H and O–H groups in total. The van der Waals surface area contributed by atoms with Gasteiger partial charge in [0.25, 0.3) is 0 Å². The van der Waals surface area contributed by atoms with E-state index >= 15 is 0 Å². The van der Waals surface area contributed by atoms with Gasteiger partial charge >= 0.3 is 0 Å². The molecule has 22 heavy (non-hydrogen) atoms. The minimum Gasteiger partial charge on any atom is -0.339 e. The van der Waals surface area contributed by atoms with Crippen LogP contribution in [0, 0.1) is 20.8 Å². The van der Waals surface area contributed by atoms with Gasteiger partial charge in [0.1, 0.15) is 16.5 Å². The highest BCUT2D eigenvalue weighted by Gasteiger charge is 2.15. The number of anilines is 2. The van der Waals surface area contributed by atoms with Crippen LogP contribution in [0.25, 0.3) is 10.2 Å². The molecule has 0 bridgehead atoms. The lowest BCUT2D eigenvalue weighted by Gasteiger charge is -2.12. The molecule has 0 saturated heterocycles. The summed E-state index contributed by atoms with van der Waals surface area (Å²) in [5, 5.41) is 5.28. The van der Waals surface area contributed by atoms with Gasteiger partial charge in [-0.2, -0.15) is 0 Å². The van der Waals surface area contributed by atoms with E-state index in [2.05, 4.69) is 38.0 Å². The van der Waals surface area contributed by atoms with Gasteiger partial charge in [-0.15, -0.1) is 11.3 Å². The van der Waals surface area contributed by atoms with Crippen LogP contribution in [0.1, 0.15) is 28.8 Å². The van der Waals surface area contributed by atoms with Crippen LogP contribution >= 0.6 is 22.9 Å². The van der Waals surface area contributed by atoms with Gasteiger partial charge in [0.15, 0.2) is 0 Å². The summed E-state index contributed by atoms with van der Waals surface area (Å²) in [4.78, 5) is 11.7. The Bertz CT molecular complexity index is 855. The van der Waals surface area contributed by atoms with E-state index in [-0.39, 0.29) is 0 Å². The Balaban J connectivity index is 2.18. The number of halogens is 1. The first-order valence-electron chi connectivity index (χ1n) is 7.29. The van der Waals surface area contributed by atoms with E-state index < -0.39 is 0 Å². The smallest absolute Gasteiger partial charge is 0.143 e. The van der Waals surface area contributed by atoms with Crippen molar-refractivity contribution >= 4 is 44.7 Å². The fourth-order valence-electron chi connectivity index (χ4n) is 2.40. The SMILES string of the molecule is CCc1nc(Nc2cc(Cl)ccc2C)c2c(C)c(C)sc2n1. The van der Waals surface area contributed by atoms with Gasteiger partial charge < -0.3 is 5.32 Å². The van der Waals surface area contributed by atoms with Crippen molar-refractivity contribution in [2.75, 3.05) is 5.32 Å². The number of hydrogen-bond donors (Lipinski definition) is 1. The number of thiophene rings is 1. The molecule has 0 aliphatic carbocycles. The summed E-state index contributed by atoms with van der Waals surface area (Å²) in [5.41, 5.74) is 3.36. The summed E-state index contributed by atoms with van der Waals surface area (Å²) >= 11 is 7.85. The molecule has 0 fully saturated rings. The van der Waals surface area contributed by atoms with Crippen LogP contribution < -0.4 is 5.32 Å². The van der Waals surface area contributed by atoms with Crippen molar-refractivity contribution in [3.8, 4) is 0 Å². The predicted octanol–water partition coefficient (Wildman–Crippen LogP) is 5.58. The monoisotopic (exact) mass is 331 g/mol. The molecule has 3 aromatic rings. The van der Waals surface area contributed by atoms with E-state index in [4.69, 9.17) is 16.6 Å². The van der Waals surface area contributed by atoms with E-state index in [9.17, 15) is 0 Å². The fourth-order valence-corrected chi connectivity index (χ4v) is 3.62. The maximum atomic E-state index is 6.12. The average Bonchev–Trinajstić information content (AvgIpc) is 2.78. The van der Waals surface area contributed by atoms with E-state index in [1.807, 2.05) is 18.2 Å². The highest BCUT2D eigenvalue weighted by Crippen LogP contribution is 2.35. The lowest BCUT2D eigenvalue weighted by Crippen LogP contribution is -2.01. The molecule has 3 nitrogen and oxygen atoms in total. The third kappa shape index (κ3) is 2.69. The zero-order valence-corrected chi connectivity index (χ0v) is 14.7. The Morgan fingerprint density at radius 3 is 2.68 bits per heavy atom. The van der Waals surface area contributed by atoms with Gasteiger partial charge in [0.2, 0.25) is 0 Å². The van der Waals surface area contributed by atoms with E-state index in [1.165, 1.54) is 10.4 Å². The van der Waals surface area contributed by atoms with Crippen molar-refractivity contribution in [2.45, 2.75) is 34.1 Å². The lowest BCUT2D eigenvalue weighted by atomic mass is 10.1. The van der Waals surface area contributed by atoms with E-state index in [0.29, 0.717) is 5.02 Å². The maximum Gasteiger partial charge on any atom is 0.143 e. The third-order valence-electron chi connectivity index (χ3n) is 3.84. The lowest BCUT2D eigenvalue weighted by molar-refractivity contribution is 0.966. The molecular formula is C17H18ClN3S. The van der Waals surface area contributed by atoms with Gasteiger partial charge in [-0.3, -0.25) is 0 Å². The summed E-state index contributed by atoms with van der Waals surface area (Å²) in [6.07, 6.45) is 0.815. The van der Waals surface area contributed by atoms with Crippen molar-refractivity contribution < 1.29 is 0 Å². The first-order chi connectivity index (χ1) is 10.5. The van der Waals surface area contributed by atoms with E-state index in [1.54, 1.807) is 11.3 Å². The number of benzene rings is 1. The largest absolute Gasteiger partial charge is 0.339 e. The molecule has 0 aliphatic rings. The molecule has 2 heterocycles. The number of fused-ring (bicyclic) bond motifs is 1. The maximum absolute atomic E-state index is 6.12. The second-order valence-corrected chi connectivity index (χ2v) is 7.03. The molecule has 0 aliphatic heterocycles. The molecule has 1 aromatic carbocycles. The van der Waals surface area contributed by atoms with E-state index in [0.717, 1.165) is 39.5 Å². The molecule has 114 valence electrons. The first-order valence-corrected chi connectivity index (χ1v) is 8.48. The van der Waals surface area contributed by atoms with Crippen LogP contribution in [0.4, 0.5) is 11.5 Å². The molecule has 0 saturated carbocycles. The summed E-state index contributed by atoms with van der Waals surface area (Å²) in [6.45, 7) is 8.38. The summed E-state index contributed by atoms with van der Waals surface area (Å²) in [6, 6.07) is 5.84. The molecule has 3 rings (SSSR count). The van der Waals surface area contributed by atoms with Crippen LogP contribution in [0.3, 0.4) is 0 Å².